The number of aliphatic hydroxyl groups is 1. The summed E-state index contributed by atoms with van der Waals surface area (Å²) in [5, 5.41) is 13.3. The van der Waals surface area contributed by atoms with E-state index in [9.17, 15) is 5.11 Å². The van der Waals surface area contributed by atoms with Gasteiger partial charge in [-0.25, -0.2) is 0 Å². The zero-order valence-corrected chi connectivity index (χ0v) is 31.4. The van der Waals surface area contributed by atoms with Gasteiger partial charge in [-0.1, -0.05) is 29.8 Å². The van der Waals surface area contributed by atoms with Crippen molar-refractivity contribution >= 4 is 21.8 Å². The lowest BCUT2D eigenvalue weighted by Crippen LogP contribution is -2.62. The number of fused-ring (bicyclic) bond motifs is 12. The molecule has 4 aromatic rings. The number of likely N-dealkylation sites (N-methyl/N-ethyl adjacent to an activating group) is 1. The minimum Gasteiger partial charge on any atom is -0.496 e. The van der Waals surface area contributed by atoms with Crippen molar-refractivity contribution in [3.05, 3.63) is 76.1 Å². The van der Waals surface area contributed by atoms with Crippen molar-refractivity contribution in [3.8, 4) is 5.75 Å². The summed E-state index contributed by atoms with van der Waals surface area (Å²) in [7, 11) is 10.5. The number of aromatic nitrogens is 2. The molecule has 5 fully saturated rings. The fourth-order valence-corrected chi connectivity index (χ4v) is 12.8. The first kappa shape index (κ1) is 32.5. The van der Waals surface area contributed by atoms with Crippen LogP contribution in [0.25, 0.3) is 21.8 Å². The highest BCUT2D eigenvalue weighted by molar-refractivity contribution is 5.89. The molecule has 7 aliphatic rings. The first-order valence-corrected chi connectivity index (χ1v) is 19.4. The smallest absolute Gasteiger partial charge is 0.168 e. The number of hydrogen-bond acceptors (Lipinski definition) is 6. The number of ether oxygens (including phenoxy) is 3. The van der Waals surface area contributed by atoms with Crippen molar-refractivity contribution in [1.29, 1.82) is 0 Å². The molecule has 0 radical (unpaired) electrons. The normalized spacial score (nSPS) is 37.5. The lowest BCUT2D eigenvalue weighted by Gasteiger charge is -2.58. The molecule has 5 saturated heterocycles. The number of piperidine rings is 4. The summed E-state index contributed by atoms with van der Waals surface area (Å²) in [5.41, 5.74) is 11.3. The maximum absolute atomic E-state index is 10.6. The van der Waals surface area contributed by atoms with E-state index in [0.717, 1.165) is 51.0 Å². The summed E-state index contributed by atoms with van der Waals surface area (Å²) in [6.45, 7) is 6.35. The Bertz CT molecular complexity index is 2100. The molecule has 8 nitrogen and oxygen atoms in total. The van der Waals surface area contributed by atoms with Gasteiger partial charge in [-0.05, 0) is 99.7 Å². The van der Waals surface area contributed by atoms with Gasteiger partial charge in [0.25, 0.3) is 0 Å². The molecule has 2 aromatic heterocycles. The summed E-state index contributed by atoms with van der Waals surface area (Å²) in [6.07, 6.45) is 7.36. The van der Waals surface area contributed by atoms with E-state index in [1.54, 1.807) is 0 Å². The fourth-order valence-electron chi connectivity index (χ4n) is 12.8. The molecular weight excluding hydrogens is 636 g/mol. The van der Waals surface area contributed by atoms with Crippen LogP contribution in [0, 0.1) is 29.6 Å². The number of rotatable bonds is 5. The Hall–Kier alpha value is -3.14. The van der Waals surface area contributed by atoms with Crippen LogP contribution in [-0.4, -0.2) is 82.9 Å². The first-order valence-electron chi connectivity index (χ1n) is 19.4. The van der Waals surface area contributed by atoms with Gasteiger partial charge in [0.05, 0.1) is 25.8 Å². The molecule has 270 valence electrons. The summed E-state index contributed by atoms with van der Waals surface area (Å²) >= 11 is 0. The Morgan fingerprint density at radius 3 is 2.43 bits per heavy atom. The molecule has 11 atom stereocenters. The second-order valence-electron chi connectivity index (χ2n) is 16.9. The van der Waals surface area contributed by atoms with Crippen LogP contribution in [0.5, 0.6) is 5.75 Å². The first-order chi connectivity index (χ1) is 24.7. The van der Waals surface area contributed by atoms with Crippen LogP contribution in [0.1, 0.15) is 66.9 Å². The van der Waals surface area contributed by atoms with E-state index in [4.69, 9.17) is 14.2 Å². The van der Waals surface area contributed by atoms with Crippen LogP contribution in [0.15, 0.2) is 48.0 Å². The summed E-state index contributed by atoms with van der Waals surface area (Å²) in [5.74, 6) is 2.09. The standard InChI is InChI=1S/C43H54N4O4/c1-8-23-20-47-37-18-30-28-19-40(49-6)24(14-35(28)46(5)42(30)39(47)15-26(23)31(37)21-48)13-33-27-16-38-41-29(25-11-9-10-12-34(25)45(41)4)17-36(44(38)3)32(27)22-51-43(33,2)50-7/h8-12,14,19,26-27,31-33,36-39,48H,13,15-18,20-22H2,1-7H3/b23-8-/t26-,27+,31+,32+,33-,36-,37-,38-,39-,43-/m0/s1. The largest absolute Gasteiger partial charge is 0.496 e. The Labute approximate surface area is 301 Å². The van der Waals surface area contributed by atoms with Crippen LogP contribution in [0.4, 0.5) is 0 Å². The quantitative estimate of drug-likeness (QED) is 0.248. The fraction of sp³-hybridized carbons (Fsp3) is 0.581. The van der Waals surface area contributed by atoms with E-state index < -0.39 is 5.79 Å². The molecule has 9 heterocycles. The van der Waals surface area contributed by atoms with Gasteiger partial charge in [-0.3, -0.25) is 9.80 Å². The predicted molar refractivity (Wildman–Crippen MR) is 200 cm³/mol. The van der Waals surface area contributed by atoms with Gasteiger partial charge in [-0.2, -0.15) is 0 Å². The van der Waals surface area contributed by atoms with Crippen LogP contribution in [-0.2, 0) is 42.8 Å². The van der Waals surface area contributed by atoms with E-state index in [1.807, 2.05) is 14.2 Å². The highest BCUT2D eigenvalue weighted by Gasteiger charge is 2.57. The highest BCUT2D eigenvalue weighted by atomic mass is 16.7. The Morgan fingerprint density at radius 2 is 1.67 bits per heavy atom. The SMILES string of the molecule is C/C=C1/CN2[C@H]3C[C@@H]1[C@@H](CO)[C@@H]2Cc1c3n(C)c2cc(C[C@H]3[C@@H]4C[C@H]5c6c(c7ccccc7n6C)C[C@@H]([C@@H]4CO[C@]3(C)OC)N5C)c(OC)cc12. The molecule has 0 aliphatic carbocycles. The average Bonchev–Trinajstić information content (AvgIpc) is 3.58. The van der Waals surface area contributed by atoms with Crippen molar-refractivity contribution < 1.29 is 19.3 Å². The number of allylic oxidation sites excluding steroid dienone is 1. The number of aliphatic hydroxyl groups excluding tert-OH is 1. The van der Waals surface area contributed by atoms with Crippen LogP contribution in [0.3, 0.4) is 0 Å². The predicted octanol–water partition coefficient (Wildman–Crippen LogP) is 6.32. The zero-order chi connectivity index (χ0) is 35.1. The number of nitrogens with zero attached hydrogens (tertiary/aromatic N) is 4. The second-order valence-corrected chi connectivity index (χ2v) is 16.9. The topological polar surface area (TPSA) is 64.3 Å². The lowest BCUT2D eigenvalue weighted by atomic mass is 9.62. The van der Waals surface area contributed by atoms with E-state index in [1.165, 1.54) is 55.5 Å². The van der Waals surface area contributed by atoms with Gasteiger partial charge >= 0.3 is 0 Å². The molecule has 51 heavy (non-hydrogen) atoms. The molecule has 6 bridgehead atoms. The number of benzene rings is 2. The number of hydrogen-bond donors (Lipinski definition) is 1. The highest BCUT2D eigenvalue weighted by Crippen LogP contribution is 2.57. The zero-order valence-electron chi connectivity index (χ0n) is 31.4. The monoisotopic (exact) mass is 690 g/mol. The lowest BCUT2D eigenvalue weighted by molar-refractivity contribution is -0.301. The van der Waals surface area contributed by atoms with E-state index in [0.29, 0.717) is 47.8 Å². The van der Waals surface area contributed by atoms with Crippen molar-refractivity contribution in [1.82, 2.24) is 18.9 Å². The minimum absolute atomic E-state index is 0.169. The molecule has 1 unspecified atom stereocenters. The molecular formula is C43H54N4O4. The van der Waals surface area contributed by atoms with Crippen molar-refractivity contribution in [2.45, 2.75) is 75.9 Å². The molecule has 0 spiro atoms. The van der Waals surface area contributed by atoms with Crippen LogP contribution >= 0.6 is 0 Å². The molecule has 11 rings (SSSR count). The summed E-state index contributed by atoms with van der Waals surface area (Å²) in [4.78, 5) is 5.37. The van der Waals surface area contributed by atoms with E-state index >= 15 is 0 Å². The summed E-state index contributed by atoms with van der Waals surface area (Å²) < 4.78 is 24.4. The third-order valence-electron chi connectivity index (χ3n) is 15.4. The minimum atomic E-state index is -0.687. The Balaban J connectivity index is 1.05. The number of methoxy groups -OCH3 is 2. The average molecular weight is 691 g/mol. The van der Waals surface area contributed by atoms with E-state index in [-0.39, 0.29) is 12.5 Å². The van der Waals surface area contributed by atoms with Crippen LogP contribution < -0.4 is 4.74 Å². The third-order valence-corrected chi connectivity index (χ3v) is 15.4. The Morgan fingerprint density at radius 1 is 0.922 bits per heavy atom. The summed E-state index contributed by atoms with van der Waals surface area (Å²) in [6, 6.07) is 15.3. The third kappa shape index (κ3) is 4.26. The van der Waals surface area contributed by atoms with Crippen LogP contribution in [0.2, 0.25) is 0 Å². The second kappa shape index (κ2) is 11.4. The van der Waals surface area contributed by atoms with Gasteiger partial charge in [0.1, 0.15) is 5.75 Å². The molecule has 0 saturated carbocycles. The van der Waals surface area contributed by atoms with Gasteiger partial charge in [0.2, 0.25) is 0 Å². The van der Waals surface area contributed by atoms with Crippen molar-refractivity contribution in [2.24, 2.45) is 43.7 Å². The molecule has 2 aromatic carbocycles. The Kier molecular flexibility index (Phi) is 7.28. The number of para-hydroxylation sites is 1. The van der Waals surface area contributed by atoms with E-state index in [2.05, 4.69) is 96.4 Å². The van der Waals surface area contributed by atoms with Crippen molar-refractivity contribution in [3.63, 3.8) is 0 Å². The molecule has 0 amide bonds. The molecule has 8 heteroatoms. The van der Waals surface area contributed by atoms with Gasteiger partial charge < -0.3 is 28.5 Å². The van der Waals surface area contributed by atoms with Gasteiger partial charge in [0, 0.05) is 97.4 Å². The number of aryl methyl sites for hydroxylation is 2. The van der Waals surface area contributed by atoms with Crippen molar-refractivity contribution in [2.75, 3.05) is 41.0 Å². The molecule has 7 aliphatic heterocycles. The van der Waals surface area contributed by atoms with Gasteiger partial charge in [0.15, 0.2) is 5.79 Å². The maximum atomic E-state index is 10.6. The van der Waals surface area contributed by atoms with Gasteiger partial charge in [-0.15, -0.1) is 0 Å². The maximum Gasteiger partial charge on any atom is 0.168 e. The molecule has 1 N–H and O–H groups in total.